The molecule has 0 aliphatic rings. The van der Waals surface area contributed by atoms with E-state index in [9.17, 15) is 9.59 Å². The zero-order valence-electron chi connectivity index (χ0n) is 10.4. The number of rotatable bonds is 2. The lowest BCUT2D eigenvalue weighted by Gasteiger charge is -2.07. The fraction of sp³-hybridized carbons (Fsp3) is 0.143. The van der Waals surface area contributed by atoms with Gasteiger partial charge in [0.1, 0.15) is 0 Å². The molecule has 0 aliphatic heterocycles. The second-order valence-corrected chi connectivity index (χ2v) is 4.64. The first-order valence-electron chi connectivity index (χ1n) is 5.47. The Morgan fingerprint density at radius 2 is 1.68 bits per heavy atom. The Kier molecular flexibility index (Phi) is 3.85. The molecule has 0 aliphatic carbocycles. The minimum atomic E-state index is -0.411. The number of esters is 2. The number of ether oxygens (including phenoxy) is 2. The van der Waals surface area contributed by atoms with Crippen molar-refractivity contribution in [3.05, 3.63) is 45.9 Å². The summed E-state index contributed by atoms with van der Waals surface area (Å²) in [6.07, 6.45) is 0. The van der Waals surface area contributed by atoms with Crippen molar-refractivity contribution in [3.63, 3.8) is 0 Å². The van der Waals surface area contributed by atoms with Crippen LogP contribution in [0.15, 0.2) is 34.8 Å². The van der Waals surface area contributed by atoms with Gasteiger partial charge in [-0.25, -0.2) is 9.59 Å². The first-order valence-corrected chi connectivity index (χ1v) is 6.26. The van der Waals surface area contributed by atoms with Crippen LogP contribution in [0.2, 0.25) is 0 Å². The third-order valence-corrected chi connectivity index (χ3v) is 3.63. The molecule has 2 aromatic carbocycles. The zero-order valence-corrected chi connectivity index (χ0v) is 12.0. The fourth-order valence-corrected chi connectivity index (χ4v) is 2.46. The summed E-state index contributed by atoms with van der Waals surface area (Å²) in [5, 5.41) is 1.66. The van der Waals surface area contributed by atoms with Crippen molar-refractivity contribution in [3.8, 4) is 0 Å². The maximum Gasteiger partial charge on any atom is 0.339 e. The average Bonchev–Trinajstić information content (AvgIpc) is 2.45. The van der Waals surface area contributed by atoms with E-state index in [1.54, 1.807) is 30.3 Å². The van der Waals surface area contributed by atoms with E-state index in [1.807, 2.05) is 0 Å². The van der Waals surface area contributed by atoms with Crippen LogP contribution in [0.4, 0.5) is 0 Å². The third-order valence-electron chi connectivity index (χ3n) is 2.78. The number of hydrogen-bond acceptors (Lipinski definition) is 4. The largest absolute Gasteiger partial charge is 0.465 e. The van der Waals surface area contributed by atoms with Crippen molar-refractivity contribution in [1.29, 1.82) is 0 Å². The maximum absolute atomic E-state index is 11.6. The van der Waals surface area contributed by atoms with Crippen molar-refractivity contribution < 1.29 is 19.1 Å². The van der Waals surface area contributed by atoms with Crippen LogP contribution in [0.5, 0.6) is 0 Å². The van der Waals surface area contributed by atoms with E-state index in [0.29, 0.717) is 15.6 Å². The lowest BCUT2D eigenvalue weighted by Crippen LogP contribution is -2.03. The summed E-state index contributed by atoms with van der Waals surface area (Å²) in [6.45, 7) is 0. The Bertz CT molecular complexity index is 664. The number of carbonyl (C=O) groups is 2. The minimum absolute atomic E-state index is 0.393. The number of fused-ring (bicyclic) bond motifs is 1. The monoisotopic (exact) mass is 322 g/mol. The molecule has 0 saturated carbocycles. The third kappa shape index (κ3) is 2.46. The SMILES string of the molecule is COC(=O)c1ccc2c(Br)c(C(=O)OC)ccc2c1. The van der Waals surface area contributed by atoms with Crippen molar-refractivity contribution in [1.82, 2.24) is 0 Å². The molecule has 5 heteroatoms. The van der Waals surface area contributed by atoms with E-state index in [2.05, 4.69) is 20.7 Å². The molecule has 0 unspecified atom stereocenters. The highest BCUT2D eigenvalue weighted by atomic mass is 79.9. The molecule has 0 bridgehead atoms. The van der Waals surface area contributed by atoms with Crippen molar-refractivity contribution in [2.45, 2.75) is 0 Å². The summed E-state index contributed by atoms with van der Waals surface area (Å²) in [6, 6.07) is 8.54. The van der Waals surface area contributed by atoms with Crippen molar-refractivity contribution in [2.75, 3.05) is 14.2 Å². The quantitative estimate of drug-likeness (QED) is 0.797. The van der Waals surface area contributed by atoms with Gasteiger partial charge in [0.15, 0.2) is 0 Å². The van der Waals surface area contributed by atoms with Crippen LogP contribution in [-0.4, -0.2) is 26.2 Å². The van der Waals surface area contributed by atoms with Crippen LogP contribution in [-0.2, 0) is 9.47 Å². The van der Waals surface area contributed by atoms with Crippen molar-refractivity contribution >= 4 is 38.6 Å². The second-order valence-electron chi connectivity index (χ2n) is 3.85. The highest BCUT2D eigenvalue weighted by Gasteiger charge is 2.14. The summed E-state index contributed by atoms with van der Waals surface area (Å²) in [5.41, 5.74) is 0.911. The van der Waals surface area contributed by atoms with E-state index in [-0.39, 0.29) is 0 Å². The molecule has 0 atom stereocenters. The van der Waals surface area contributed by atoms with Gasteiger partial charge in [-0.2, -0.15) is 0 Å². The standard InChI is InChI=1S/C14H11BrO4/c1-18-13(16)9-4-5-10-8(7-9)3-6-11(12(10)15)14(17)19-2/h3-7H,1-2H3. The summed E-state index contributed by atoms with van der Waals surface area (Å²) in [7, 11) is 2.67. The predicted octanol–water partition coefficient (Wildman–Crippen LogP) is 3.18. The van der Waals surface area contributed by atoms with Crippen molar-refractivity contribution in [2.24, 2.45) is 0 Å². The molecule has 0 aromatic heterocycles. The molecule has 0 spiro atoms. The fourth-order valence-electron chi connectivity index (χ4n) is 1.80. The van der Waals surface area contributed by atoms with Gasteiger partial charge in [-0.15, -0.1) is 0 Å². The minimum Gasteiger partial charge on any atom is -0.465 e. The van der Waals surface area contributed by atoms with E-state index < -0.39 is 11.9 Å². The van der Waals surface area contributed by atoms with E-state index in [1.165, 1.54) is 14.2 Å². The van der Waals surface area contributed by atoms with Crippen LogP contribution in [0.25, 0.3) is 10.8 Å². The lowest BCUT2D eigenvalue weighted by atomic mass is 10.0. The van der Waals surface area contributed by atoms with E-state index >= 15 is 0 Å². The molecule has 0 saturated heterocycles. The smallest absolute Gasteiger partial charge is 0.339 e. The van der Waals surface area contributed by atoms with Gasteiger partial charge >= 0.3 is 11.9 Å². The molecule has 2 aromatic rings. The number of halogens is 1. The van der Waals surface area contributed by atoms with Crippen LogP contribution in [0.1, 0.15) is 20.7 Å². The normalized spacial score (nSPS) is 10.3. The van der Waals surface area contributed by atoms with Gasteiger partial charge in [0.05, 0.1) is 25.3 Å². The molecule has 0 radical (unpaired) electrons. The van der Waals surface area contributed by atoms with Gasteiger partial charge < -0.3 is 9.47 Å². The number of benzene rings is 2. The van der Waals surface area contributed by atoms with Gasteiger partial charge in [-0.05, 0) is 44.9 Å². The Morgan fingerprint density at radius 3 is 2.32 bits per heavy atom. The van der Waals surface area contributed by atoms with Gasteiger partial charge in [-0.3, -0.25) is 0 Å². The molecule has 2 rings (SSSR count). The van der Waals surface area contributed by atoms with E-state index in [4.69, 9.17) is 4.74 Å². The molecule has 0 heterocycles. The molecule has 19 heavy (non-hydrogen) atoms. The van der Waals surface area contributed by atoms with Gasteiger partial charge in [0, 0.05) is 4.47 Å². The Morgan fingerprint density at radius 1 is 1.00 bits per heavy atom. The van der Waals surface area contributed by atoms with Gasteiger partial charge in [-0.1, -0.05) is 12.1 Å². The summed E-state index contributed by atoms with van der Waals surface area (Å²) >= 11 is 3.38. The maximum atomic E-state index is 11.6. The number of hydrogen-bond donors (Lipinski definition) is 0. The number of methoxy groups -OCH3 is 2. The topological polar surface area (TPSA) is 52.6 Å². The predicted molar refractivity (Wildman–Crippen MR) is 74.3 cm³/mol. The van der Waals surface area contributed by atoms with Crippen LogP contribution in [0.3, 0.4) is 0 Å². The Balaban J connectivity index is 2.60. The second kappa shape index (κ2) is 5.40. The summed E-state index contributed by atoms with van der Waals surface area (Å²) < 4.78 is 10.0. The highest BCUT2D eigenvalue weighted by Crippen LogP contribution is 2.29. The van der Waals surface area contributed by atoms with E-state index in [0.717, 1.165) is 10.8 Å². The molecule has 0 amide bonds. The number of carbonyl (C=O) groups excluding carboxylic acids is 2. The summed E-state index contributed by atoms with van der Waals surface area (Å²) in [4.78, 5) is 23.0. The first-order chi connectivity index (χ1) is 9.08. The first kappa shape index (κ1) is 13.5. The molecule has 98 valence electrons. The zero-order chi connectivity index (χ0) is 14.0. The molecular weight excluding hydrogens is 312 g/mol. The van der Waals surface area contributed by atoms with Crippen LogP contribution in [0, 0.1) is 0 Å². The molecular formula is C14H11BrO4. The molecule has 0 N–H and O–H groups in total. The molecule has 0 fully saturated rings. The summed E-state index contributed by atoms with van der Waals surface area (Å²) in [5.74, 6) is -0.805. The lowest BCUT2D eigenvalue weighted by molar-refractivity contribution is 0.0591. The average molecular weight is 323 g/mol. The van der Waals surface area contributed by atoms with Crippen LogP contribution >= 0.6 is 15.9 Å². The highest BCUT2D eigenvalue weighted by molar-refractivity contribution is 9.10. The van der Waals surface area contributed by atoms with Gasteiger partial charge in [0.25, 0.3) is 0 Å². The Hall–Kier alpha value is -1.88. The van der Waals surface area contributed by atoms with Gasteiger partial charge in [0.2, 0.25) is 0 Å². The molecule has 4 nitrogen and oxygen atoms in total. The van der Waals surface area contributed by atoms with Crippen LogP contribution < -0.4 is 0 Å². The Labute approximate surface area is 118 Å².